The Morgan fingerprint density at radius 3 is 1.98 bits per heavy atom. The smallest absolute Gasteiger partial charge is 0.264 e. The lowest BCUT2D eigenvalue weighted by Gasteiger charge is -2.34. The molecule has 0 fully saturated rings. The standard InChI is InChI=1S/C38H44ClN3O4S/c1-27(2)24-40-38(44)36(23-30-9-7-6-8-10-30)41(25-31-13-17-33(39)18-14-31)37(43)26-42(34-19-15-32(16-20-34)28(3)4)47(45,46)35-21-11-29(5)12-22-35/h6-22,27-28,36H,23-26H2,1-5H3,(H,40,44)/t36-/m1/s1. The van der Waals surface area contributed by atoms with Gasteiger partial charge in [0, 0.05) is 24.5 Å². The topological polar surface area (TPSA) is 86.8 Å². The molecule has 0 heterocycles. The number of hydrogen-bond acceptors (Lipinski definition) is 4. The summed E-state index contributed by atoms with van der Waals surface area (Å²) in [5.74, 6) is -0.380. The number of benzene rings is 4. The number of rotatable bonds is 14. The molecule has 0 bridgehead atoms. The number of nitrogens with one attached hydrogen (secondary N) is 1. The predicted octanol–water partition coefficient (Wildman–Crippen LogP) is 7.38. The number of nitrogens with zero attached hydrogens (tertiary/aromatic N) is 2. The van der Waals surface area contributed by atoms with Crippen molar-refractivity contribution in [2.45, 2.75) is 64.4 Å². The van der Waals surface area contributed by atoms with Gasteiger partial charge in [0.25, 0.3) is 10.0 Å². The number of carbonyl (C=O) groups excluding carboxylic acids is 2. The van der Waals surface area contributed by atoms with Crippen LogP contribution in [0.25, 0.3) is 0 Å². The minimum Gasteiger partial charge on any atom is -0.354 e. The molecule has 0 aliphatic heterocycles. The molecule has 0 radical (unpaired) electrons. The van der Waals surface area contributed by atoms with Gasteiger partial charge < -0.3 is 10.2 Å². The highest BCUT2D eigenvalue weighted by atomic mass is 35.5. The van der Waals surface area contributed by atoms with Crippen molar-refractivity contribution in [3.05, 3.63) is 130 Å². The Kier molecular flexibility index (Phi) is 12.2. The first-order chi connectivity index (χ1) is 22.3. The average Bonchev–Trinajstić information content (AvgIpc) is 3.05. The Morgan fingerprint density at radius 1 is 0.787 bits per heavy atom. The fraction of sp³-hybridized carbons (Fsp3) is 0.316. The van der Waals surface area contributed by atoms with E-state index in [1.807, 2.05) is 63.2 Å². The molecule has 4 aromatic carbocycles. The molecular formula is C38H44ClN3O4S. The fourth-order valence-corrected chi connectivity index (χ4v) is 6.69. The molecule has 0 saturated heterocycles. The largest absolute Gasteiger partial charge is 0.354 e. The van der Waals surface area contributed by atoms with Crippen LogP contribution in [0.5, 0.6) is 0 Å². The van der Waals surface area contributed by atoms with E-state index in [2.05, 4.69) is 19.2 Å². The summed E-state index contributed by atoms with van der Waals surface area (Å²) < 4.78 is 29.6. The highest BCUT2D eigenvalue weighted by molar-refractivity contribution is 7.92. The van der Waals surface area contributed by atoms with Crippen molar-refractivity contribution < 1.29 is 18.0 Å². The number of amides is 2. The zero-order valence-electron chi connectivity index (χ0n) is 27.7. The van der Waals surface area contributed by atoms with E-state index in [0.717, 1.165) is 26.6 Å². The molecule has 2 amide bonds. The molecule has 4 rings (SSSR count). The first-order valence-corrected chi connectivity index (χ1v) is 17.7. The van der Waals surface area contributed by atoms with Crippen LogP contribution in [0.3, 0.4) is 0 Å². The van der Waals surface area contributed by atoms with Gasteiger partial charge in [-0.15, -0.1) is 0 Å². The fourth-order valence-electron chi connectivity index (χ4n) is 5.15. The van der Waals surface area contributed by atoms with Crippen molar-refractivity contribution in [1.29, 1.82) is 0 Å². The number of anilines is 1. The average molecular weight is 674 g/mol. The quantitative estimate of drug-likeness (QED) is 0.151. The van der Waals surface area contributed by atoms with Crippen LogP contribution >= 0.6 is 11.6 Å². The lowest BCUT2D eigenvalue weighted by Crippen LogP contribution is -2.53. The van der Waals surface area contributed by atoms with E-state index >= 15 is 0 Å². The molecule has 0 aliphatic rings. The van der Waals surface area contributed by atoms with E-state index < -0.39 is 28.5 Å². The normalized spacial score (nSPS) is 12.2. The van der Waals surface area contributed by atoms with Gasteiger partial charge >= 0.3 is 0 Å². The summed E-state index contributed by atoms with van der Waals surface area (Å²) in [5, 5.41) is 3.55. The summed E-state index contributed by atoms with van der Waals surface area (Å²) in [6.45, 7) is 10.0. The van der Waals surface area contributed by atoms with Gasteiger partial charge in [-0.05, 0) is 71.8 Å². The summed E-state index contributed by atoms with van der Waals surface area (Å²) in [4.78, 5) is 30.1. The van der Waals surface area contributed by atoms with Gasteiger partial charge in [0.1, 0.15) is 12.6 Å². The van der Waals surface area contributed by atoms with Crippen LogP contribution in [0.2, 0.25) is 5.02 Å². The van der Waals surface area contributed by atoms with Crippen LogP contribution in [0.15, 0.2) is 108 Å². The third kappa shape index (κ3) is 9.69. The van der Waals surface area contributed by atoms with Crippen LogP contribution in [0.4, 0.5) is 5.69 Å². The molecular weight excluding hydrogens is 630 g/mol. The molecule has 1 atom stereocenters. The third-order valence-corrected chi connectivity index (χ3v) is 10.00. The zero-order valence-corrected chi connectivity index (χ0v) is 29.3. The molecule has 9 heteroatoms. The van der Waals surface area contributed by atoms with E-state index in [1.54, 1.807) is 60.7 Å². The molecule has 0 saturated carbocycles. The molecule has 4 aromatic rings. The van der Waals surface area contributed by atoms with Crippen molar-refractivity contribution >= 4 is 39.1 Å². The Labute approximate surface area is 284 Å². The first kappa shape index (κ1) is 35.7. The molecule has 7 nitrogen and oxygen atoms in total. The molecule has 1 N–H and O–H groups in total. The van der Waals surface area contributed by atoms with Crippen LogP contribution in [0.1, 0.15) is 55.9 Å². The van der Waals surface area contributed by atoms with Gasteiger partial charge in [-0.1, -0.05) is 112 Å². The number of sulfonamides is 1. The minimum absolute atomic E-state index is 0.0728. The van der Waals surface area contributed by atoms with Gasteiger partial charge in [0.15, 0.2) is 0 Å². The molecule has 248 valence electrons. The lowest BCUT2D eigenvalue weighted by molar-refractivity contribution is -0.140. The summed E-state index contributed by atoms with van der Waals surface area (Å²) in [6.07, 6.45) is 0.248. The number of carbonyl (C=O) groups is 2. The highest BCUT2D eigenvalue weighted by Crippen LogP contribution is 2.27. The molecule has 0 unspecified atom stereocenters. The van der Waals surface area contributed by atoms with E-state index in [-0.39, 0.29) is 35.6 Å². The molecule has 47 heavy (non-hydrogen) atoms. The second-order valence-corrected chi connectivity index (χ2v) is 14.9. The van der Waals surface area contributed by atoms with Crippen molar-refractivity contribution in [3.63, 3.8) is 0 Å². The van der Waals surface area contributed by atoms with Gasteiger partial charge in [0.2, 0.25) is 11.8 Å². The summed E-state index contributed by atoms with van der Waals surface area (Å²) in [7, 11) is -4.17. The summed E-state index contributed by atoms with van der Waals surface area (Å²) in [6, 6.07) is 29.5. The van der Waals surface area contributed by atoms with Crippen molar-refractivity contribution in [3.8, 4) is 0 Å². The maximum Gasteiger partial charge on any atom is 0.264 e. The Balaban J connectivity index is 1.80. The van der Waals surface area contributed by atoms with Crippen LogP contribution in [-0.4, -0.2) is 44.3 Å². The van der Waals surface area contributed by atoms with Gasteiger partial charge in [-0.3, -0.25) is 13.9 Å². The Morgan fingerprint density at radius 2 is 1.40 bits per heavy atom. The predicted molar refractivity (Wildman–Crippen MR) is 190 cm³/mol. The summed E-state index contributed by atoms with van der Waals surface area (Å²) in [5.41, 5.74) is 3.95. The maximum absolute atomic E-state index is 14.6. The van der Waals surface area contributed by atoms with Crippen LogP contribution < -0.4 is 9.62 Å². The Bertz CT molecular complexity index is 1720. The Hall–Kier alpha value is -4.14. The molecule has 0 aromatic heterocycles. The van der Waals surface area contributed by atoms with Gasteiger partial charge in [-0.25, -0.2) is 8.42 Å². The first-order valence-electron chi connectivity index (χ1n) is 15.9. The number of hydrogen-bond donors (Lipinski definition) is 1. The van der Waals surface area contributed by atoms with E-state index in [1.165, 1.54) is 4.90 Å². The third-order valence-electron chi connectivity index (χ3n) is 7.96. The van der Waals surface area contributed by atoms with E-state index in [0.29, 0.717) is 17.3 Å². The van der Waals surface area contributed by atoms with E-state index in [4.69, 9.17) is 11.6 Å². The van der Waals surface area contributed by atoms with Gasteiger partial charge in [-0.2, -0.15) is 0 Å². The minimum atomic E-state index is -4.17. The van der Waals surface area contributed by atoms with Crippen LogP contribution in [-0.2, 0) is 32.6 Å². The molecule has 0 spiro atoms. The van der Waals surface area contributed by atoms with Crippen LogP contribution in [0, 0.1) is 12.8 Å². The monoisotopic (exact) mass is 673 g/mol. The number of aryl methyl sites for hydroxylation is 1. The summed E-state index contributed by atoms with van der Waals surface area (Å²) >= 11 is 6.17. The highest BCUT2D eigenvalue weighted by Gasteiger charge is 2.34. The zero-order chi connectivity index (χ0) is 34.1. The van der Waals surface area contributed by atoms with Crippen molar-refractivity contribution in [1.82, 2.24) is 10.2 Å². The second kappa shape index (κ2) is 16.1. The second-order valence-electron chi connectivity index (χ2n) is 12.6. The van der Waals surface area contributed by atoms with Crippen molar-refractivity contribution in [2.24, 2.45) is 5.92 Å². The van der Waals surface area contributed by atoms with Crippen molar-refractivity contribution in [2.75, 3.05) is 17.4 Å². The SMILES string of the molecule is Cc1ccc(S(=O)(=O)N(CC(=O)N(Cc2ccc(Cl)cc2)[C@H](Cc2ccccc2)C(=O)NCC(C)C)c2ccc(C(C)C)cc2)cc1. The van der Waals surface area contributed by atoms with E-state index in [9.17, 15) is 18.0 Å². The van der Waals surface area contributed by atoms with Gasteiger partial charge in [0.05, 0.1) is 10.6 Å². The number of halogens is 1. The molecule has 0 aliphatic carbocycles. The lowest BCUT2D eigenvalue weighted by atomic mass is 10.0. The maximum atomic E-state index is 14.6.